The van der Waals surface area contributed by atoms with E-state index in [1.807, 2.05) is 0 Å². The highest BCUT2D eigenvalue weighted by molar-refractivity contribution is 7.80. The van der Waals surface area contributed by atoms with Gasteiger partial charge in [0.2, 0.25) is 10.4 Å². The van der Waals surface area contributed by atoms with E-state index in [0.717, 1.165) is 5.57 Å². The number of carbonyl (C=O) groups excluding carboxylic acids is 1. The van der Waals surface area contributed by atoms with Crippen molar-refractivity contribution in [3.8, 4) is 0 Å². The lowest BCUT2D eigenvalue weighted by molar-refractivity contribution is -0.0195. The first-order chi connectivity index (χ1) is 10.2. The van der Waals surface area contributed by atoms with E-state index in [1.165, 1.54) is 15.7 Å². The Bertz CT molecular complexity index is 744. The lowest BCUT2D eigenvalue weighted by Gasteiger charge is -2.21. The van der Waals surface area contributed by atoms with Gasteiger partial charge in [-0.25, -0.2) is 13.2 Å². The predicted molar refractivity (Wildman–Crippen MR) is 72.8 cm³/mol. The largest absolute Gasteiger partial charge is 0.724 e. The molecule has 1 fully saturated rings. The summed E-state index contributed by atoms with van der Waals surface area (Å²) in [6.07, 6.45) is 4.79. The number of carbonyl (C=O) groups is 1. The van der Waals surface area contributed by atoms with Gasteiger partial charge in [0.25, 0.3) is 0 Å². The van der Waals surface area contributed by atoms with Crippen LogP contribution in [0.2, 0.25) is 6.82 Å². The third kappa shape index (κ3) is 2.73. The summed E-state index contributed by atoms with van der Waals surface area (Å²) < 4.78 is 37.7. The van der Waals surface area contributed by atoms with Crippen molar-refractivity contribution in [2.24, 2.45) is 0 Å². The van der Waals surface area contributed by atoms with Crippen LogP contribution < -0.4 is 0 Å². The first kappa shape index (κ1) is 15.0. The van der Waals surface area contributed by atoms with Crippen molar-refractivity contribution < 1.29 is 27.1 Å². The number of rotatable bonds is 4. The molecule has 12 heteroatoms. The summed E-state index contributed by atoms with van der Waals surface area (Å²) in [6, 6.07) is -1.35. The minimum atomic E-state index is -5.02. The molecule has 0 radical (unpaired) electrons. The van der Waals surface area contributed by atoms with Gasteiger partial charge in [0.15, 0.2) is 0 Å². The van der Waals surface area contributed by atoms with Crippen molar-refractivity contribution >= 4 is 29.1 Å². The maximum Gasteiger partial charge on any atom is 0.431 e. The lowest BCUT2D eigenvalue weighted by atomic mass is 9.89. The highest BCUT2D eigenvalue weighted by atomic mass is 32.3. The van der Waals surface area contributed by atoms with E-state index in [0.29, 0.717) is 10.6 Å². The average molecular weight is 327 g/mol. The van der Waals surface area contributed by atoms with Gasteiger partial charge in [0.1, 0.15) is 0 Å². The molecule has 2 bridgehead atoms. The zero-order valence-electron chi connectivity index (χ0n) is 11.5. The predicted octanol–water partition coefficient (Wildman–Crippen LogP) is -1.26. The van der Waals surface area contributed by atoms with Crippen LogP contribution in [0.3, 0.4) is 0 Å². The second kappa shape index (κ2) is 5.09. The summed E-state index contributed by atoms with van der Waals surface area (Å²) >= 11 is 0. The van der Waals surface area contributed by atoms with E-state index in [4.69, 9.17) is 0 Å². The first-order valence-electron chi connectivity index (χ1n) is 6.41. The van der Waals surface area contributed by atoms with Crippen molar-refractivity contribution in [2.45, 2.75) is 12.9 Å². The third-order valence-corrected chi connectivity index (χ3v) is 3.79. The van der Waals surface area contributed by atoms with E-state index in [9.17, 15) is 22.8 Å². The van der Waals surface area contributed by atoms with Gasteiger partial charge < -0.3 is 14.5 Å². The van der Waals surface area contributed by atoms with Gasteiger partial charge in [-0.3, -0.25) is 4.59 Å². The zero-order chi connectivity index (χ0) is 16.1. The standard InChI is InChI=1S/C10H13BN4O6S/c1-11(17)14-5-8(3-12-14)7-2-9-6-13(4-7)10(16)15(9)21-22(18,19)20/h2-3,5,9,17H,4,6H2,1H3,(H,18,19,20)/p-1. The molecule has 1 aromatic rings. The molecular formula is C10H12BN4O6S-. The van der Waals surface area contributed by atoms with Crippen LogP contribution in [0.4, 0.5) is 4.79 Å². The molecule has 22 heavy (non-hydrogen) atoms. The molecule has 1 atom stereocenters. The average Bonchev–Trinajstić information content (AvgIpc) is 2.98. The number of amides is 2. The van der Waals surface area contributed by atoms with E-state index < -0.39 is 29.5 Å². The van der Waals surface area contributed by atoms with E-state index in [2.05, 4.69) is 9.38 Å². The molecule has 1 saturated heterocycles. The molecule has 10 nitrogen and oxygen atoms in total. The normalized spacial score (nSPS) is 21.3. The van der Waals surface area contributed by atoms with Crippen LogP contribution in [0.1, 0.15) is 5.56 Å². The summed E-state index contributed by atoms with van der Waals surface area (Å²) in [5, 5.41) is 14.0. The van der Waals surface area contributed by atoms with Gasteiger partial charge in [0.05, 0.1) is 12.2 Å². The van der Waals surface area contributed by atoms with Gasteiger partial charge in [-0.1, -0.05) is 6.08 Å². The molecule has 0 spiro atoms. The van der Waals surface area contributed by atoms with Gasteiger partial charge in [0, 0.05) is 24.8 Å². The van der Waals surface area contributed by atoms with Crippen LogP contribution >= 0.6 is 0 Å². The first-order valence-corrected chi connectivity index (χ1v) is 7.75. The maximum atomic E-state index is 12.0. The van der Waals surface area contributed by atoms with E-state index in [1.54, 1.807) is 19.1 Å². The Hall–Kier alpha value is -1.89. The van der Waals surface area contributed by atoms with Crippen LogP contribution in [0, 0.1) is 0 Å². The number of fused-ring (bicyclic) bond motifs is 2. The third-order valence-electron chi connectivity index (χ3n) is 3.45. The number of hydroxylamine groups is 2. The van der Waals surface area contributed by atoms with Gasteiger partial charge in [-0.2, -0.15) is 14.4 Å². The molecule has 118 valence electrons. The molecule has 3 rings (SSSR count). The summed E-state index contributed by atoms with van der Waals surface area (Å²) in [5.41, 5.74) is 1.42. The molecule has 1 N–H and O–H groups in total. The van der Waals surface area contributed by atoms with E-state index in [-0.39, 0.29) is 13.1 Å². The minimum Gasteiger partial charge on any atom is -0.724 e. The molecule has 0 saturated carbocycles. The number of hydrogen-bond donors (Lipinski definition) is 1. The fourth-order valence-corrected chi connectivity index (χ4v) is 2.85. The quantitative estimate of drug-likeness (QED) is 0.415. The zero-order valence-corrected chi connectivity index (χ0v) is 12.3. The fourth-order valence-electron chi connectivity index (χ4n) is 2.48. The number of aromatic nitrogens is 2. The molecule has 1 unspecified atom stereocenters. The topological polar surface area (TPSA) is 128 Å². The Labute approximate surface area is 126 Å². The fraction of sp³-hybridized carbons (Fsp3) is 0.400. The van der Waals surface area contributed by atoms with Crippen molar-refractivity contribution in [3.05, 3.63) is 24.0 Å². The van der Waals surface area contributed by atoms with Gasteiger partial charge in [-0.05, 0) is 12.4 Å². The summed E-state index contributed by atoms with van der Waals surface area (Å²) in [6.45, 7) is 2.03. The minimum absolute atomic E-state index is 0.236. The summed E-state index contributed by atoms with van der Waals surface area (Å²) in [7, 11) is -5.81. The molecular weight excluding hydrogens is 315 g/mol. The molecule has 0 aromatic carbocycles. The van der Waals surface area contributed by atoms with Gasteiger partial charge in [-0.15, -0.1) is 0 Å². The van der Waals surface area contributed by atoms with Crippen LogP contribution in [0.25, 0.3) is 5.57 Å². The SMILES string of the molecule is CB(O)n1cc(C2=CC3CN(C2)C(=O)N3OS(=O)(=O)[O-])cn1. The van der Waals surface area contributed by atoms with Crippen LogP contribution in [0.5, 0.6) is 0 Å². The molecule has 2 aliphatic heterocycles. The van der Waals surface area contributed by atoms with Crippen molar-refractivity contribution in [2.75, 3.05) is 13.1 Å². The van der Waals surface area contributed by atoms with Crippen molar-refractivity contribution in [1.82, 2.24) is 19.7 Å². The van der Waals surface area contributed by atoms with Crippen LogP contribution in [-0.2, 0) is 14.7 Å². The van der Waals surface area contributed by atoms with Crippen LogP contribution in [0.15, 0.2) is 18.5 Å². The van der Waals surface area contributed by atoms with E-state index >= 15 is 0 Å². The Morgan fingerprint density at radius 2 is 2.27 bits per heavy atom. The highest BCUT2D eigenvalue weighted by Crippen LogP contribution is 2.29. The van der Waals surface area contributed by atoms with Gasteiger partial charge >= 0.3 is 13.1 Å². The summed E-state index contributed by atoms with van der Waals surface area (Å²) in [5.74, 6) is 0. The summed E-state index contributed by atoms with van der Waals surface area (Å²) in [4.78, 5) is 13.4. The Morgan fingerprint density at radius 1 is 1.55 bits per heavy atom. The molecule has 0 aliphatic carbocycles. The Balaban J connectivity index is 1.87. The second-order valence-electron chi connectivity index (χ2n) is 5.07. The van der Waals surface area contributed by atoms with Crippen molar-refractivity contribution in [1.29, 1.82) is 0 Å². The number of hydrogen-bond acceptors (Lipinski definition) is 7. The second-order valence-corrected chi connectivity index (χ2v) is 6.04. The monoisotopic (exact) mass is 327 g/mol. The molecule has 3 heterocycles. The highest BCUT2D eigenvalue weighted by Gasteiger charge is 2.42. The smallest absolute Gasteiger partial charge is 0.431 e. The molecule has 2 aliphatic rings. The molecule has 1 aromatic heterocycles. The number of nitrogens with zero attached hydrogens (tertiary/aromatic N) is 4. The maximum absolute atomic E-state index is 12.0. The Morgan fingerprint density at radius 3 is 2.86 bits per heavy atom. The lowest BCUT2D eigenvalue weighted by Crippen LogP contribution is -2.35. The van der Waals surface area contributed by atoms with Crippen molar-refractivity contribution in [3.63, 3.8) is 0 Å². The van der Waals surface area contributed by atoms with Crippen LogP contribution in [-0.4, -0.2) is 69.9 Å². The molecule has 2 amide bonds. The Kier molecular flexibility index (Phi) is 3.47. The number of urea groups is 1.